The van der Waals surface area contributed by atoms with Crippen molar-refractivity contribution in [2.75, 3.05) is 19.8 Å². The van der Waals surface area contributed by atoms with E-state index < -0.39 is 104 Å². The van der Waals surface area contributed by atoms with Crippen molar-refractivity contribution < 1.29 is 69.7 Å². The lowest BCUT2D eigenvalue weighted by molar-refractivity contribution is -0.336. The molecule has 0 spiro atoms. The smallest absolute Gasteiger partial charge is 0.186 e. The van der Waals surface area contributed by atoms with Crippen LogP contribution in [0.5, 0.6) is 0 Å². The lowest BCUT2D eigenvalue weighted by Crippen LogP contribution is -2.65. The third kappa shape index (κ3) is 6.04. The summed E-state index contributed by atoms with van der Waals surface area (Å²) in [4.78, 5) is 13.6. The van der Waals surface area contributed by atoms with Gasteiger partial charge in [0.15, 0.2) is 18.4 Å². The highest BCUT2D eigenvalue weighted by atomic mass is 16.7. The average molecular weight is 659 g/mol. The zero-order valence-electron chi connectivity index (χ0n) is 26.5. The molecule has 3 aliphatic carbocycles. The second-order valence-electron chi connectivity index (χ2n) is 14.7. The summed E-state index contributed by atoms with van der Waals surface area (Å²) in [5, 5.41) is 94.2. The molecule has 14 nitrogen and oxygen atoms in total. The van der Waals surface area contributed by atoms with Crippen LogP contribution in [0.4, 0.5) is 0 Å². The molecule has 14 heteroatoms. The van der Waals surface area contributed by atoms with E-state index in [-0.39, 0.29) is 36.6 Å². The highest BCUT2D eigenvalue weighted by Gasteiger charge is 2.63. The number of carbonyl (C=O) groups excluding carboxylic acids is 1. The normalized spacial score (nSPS) is 52.8. The van der Waals surface area contributed by atoms with Gasteiger partial charge in [-0.2, -0.15) is 0 Å². The lowest BCUT2D eigenvalue weighted by atomic mass is 9.44. The fourth-order valence-electron chi connectivity index (χ4n) is 8.55. The van der Waals surface area contributed by atoms with Gasteiger partial charge < -0.3 is 64.9 Å². The van der Waals surface area contributed by atoms with Crippen molar-refractivity contribution in [2.45, 2.75) is 120 Å². The Labute approximate surface area is 267 Å². The van der Waals surface area contributed by atoms with E-state index in [4.69, 9.17) is 18.9 Å². The van der Waals surface area contributed by atoms with E-state index in [9.17, 15) is 50.8 Å². The van der Waals surface area contributed by atoms with Crippen LogP contribution in [0.25, 0.3) is 0 Å². The van der Waals surface area contributed by atoms with Crippen molar-refractivity contribution in [3.63, 3.8) is 0 Å². The van der Waals surface area contributed by atoms with Gasteiger partial charge in [0, 0.05) is 17.3 Å². The van der Waals surface area contributed by atoms with Crippen molar-refractivity contribution in [2.24, 2.45) is 28.1 Å². The van der Waals surface area contributed by atoms with Gasteiger partial charge in [0.25, 0.3) is 0 Å². The molecule has 5 aliphatic rings. The summed E-state index contributed by atoms with van der Waals surface area (Å²) in [5.74, 6) is -0.596. The standard InChI is InChI=1S/C32H50O14/c1-5-30(2)7-6-15-14(9-30)16(34)8-20-31(15,3)10-17(35)27(42)32(20,4)13-44-29-26(41)24(39)22(37)19(46-29)12-43-28-25(40)23(38)21(36)18(11-33)45-28/h5,9,15,17-29,33,35-42H,1,6-8,10-13H2,2-4H3. The number of hydrogen-bond donors (Lipinski definition) is 9. The molecule has 0 amide bonds. The van der Waals surface area contributed by atoms with Gasteiger partial charge in [-0.3, -0.25) is 4.79 Å². The van der Waals surface area contributed by atoms with E-state index in [1.807, 2.05) is 26.0 Å². The summed E-state index contributed by atoms with van der Waals surface area (Å²) in [6.45, 7) is 8.25. The molecule has 17 unspecified atom stereocenters. The maximum absolute atomic E-state index is 13.6. The summed E-state index contributed by atoms with van der Waals surface area (Å²) in [7, 11) is 0. The Balaban J connectivity index is 1.31. The first-order valence-electron chi connectivity index (χ1n) is 16.0. The van der Waals surface area contributed by atoms with Gasteiger partial charge in [0.05, 0.1) is 32.0 Å². The Kier molecular flexibility index (Phi) is 10.3. The molecular weight excluding hydrogens is 608 g/mol. The molecule has 2 aliphatic heterocycles. The molecule has 0 radical (unpaired) electrons. The molecule has 2 saturated heterocycles. The molecule has 46 heavy (non-hydrogen) atoms. The fraction of sp³-hybridized carbons (Fsp3) is 0.844. The van der Waals surface area contributed by atoms with Crippen LogP contribution >= 0.6 is 0 Å². The summed E-state index contributed by atoms with van der Waals surface area (Å²) < 4.78 is 22.6. The molecule has 0 aromatic rings. The number of hydrogen-bond acceptors (Lipinski definition) is 14. The summed E-state index contributed by atoms with van der Waals surface area (Å²) >= 11 is 0. The summed E-state index contributed by atoms with van der Waals surface area (Å²) in [5.41, 5.74) is -1.33. The molecular formula is C32H50O14. The van der Waals surface area contributed by atoms with Crippen LogP contribution < -0.4 is 0 Å². The van der Waals surface area contributed by atoms with Crippen molar-refractivity contribution >= 4 is 5.78 Å². The SMILES string of the molecule is C=CC1(C)C=C2C(=O)CC3C(C)(CC(O)C(O)C3(C)COC3OC(COC4OC(CO)C(O)C(O)C4O)C(O)C(O)C3O)C2CC1. The van der Waals surface area contributed by atoms with Crippen LogP contribution in [0.1, 0.15) is 46.5 Å². The van der Waals surface area contributed by atoms with E-state index in [0.29, 0.717) is 6.42 Å². The quantitative estimate of drug-likeness (QED) is 0.127. The van der Waals surface area contributed by atoms with Crippen LogP contribution in [0.15, 0.2) is 24.3 Å². The van der Waals surface area contributed by atoms with E-state index >= 15 is 0 Å². The zero-order valence-corrected chi connectivity index (χ0v) is 26.5. The Bertz CT molecular complexity index is 1160. The van der Waals surface area contributed by atoms with Crippen LogP contribution in [0.3, 0.4) is 0 Å². The molecule has 9 N–H and O–H groups in total. The first-order valence-corrected chi connectivity index (χ1v) is 16.0. The van der Waals surface area contributed by atoms with Gasteiger partial charge >= 0.3 is 0 Å². The maximum Gasteiger partial charge on any atom is 0.186 e. The second kappa shape index (κ2) is 13.2. The number of Topliss-reactive ketones (excluding diaryl/α,β-unsaturated/α-hetero) is 1. The van der Waals surface area contributed by atoms with Crippen molar-refractivity contribution in [3.8, 4) is 0 Å². The number of ether oxygens (including phenoxy) is 4. The molecule has 17 atom stereocenters. The number of fused-ring (bicyclic) bond motifs is 3. The minimum absolute atomic E-state index is 0.0343. The van der Waals surface area contributed by atoms with E-state index in [1.165, 1.54) is 0 Å². The van der Waals surface area contributed by atoms with Crippen LogP contribution in [-0.4, -0.2) is 145 Å². The monoisotopic (exact) mass is 658 g/mol. The zero-order chi connectivity index (χ0) is 33.9. The van der Waals surface area contributed by atoms with Gasteiger partial charge in [-0.05, 0) is 42.1 Å². The number of rotatable bonds is 8. The van der Waals surface area contributed by atoms with Crippen LogP contribution in [-0.2, 0) is 23.7 Å². The van der Waals surface area contributed by atoms with Gasteiger partial charge in [0.1, 0.15) is 48.8 Å². The summed E-state index contributed by atoms with van der Waals surface area (Å²) in [6, 6.07) is 0. The Hall–Kier alpha value is -1.37. The van der Waals surface area contributed by atoms with Gasteiger partial charge in [-0.15, -0.1) is 6.58 Å². The fourth-order valence-corrected chi connectivity index (χ4v) is 8.55. The largest absolute Gasteiger partial charge is 0.394 e. The van der Waals surface area contributed by atoms with Crippen molar-refractivity contribution in [3.05, 3.63) is 24.3 Å². The molecule has 5 rings (SSSR count). The summed E-state index contributed by atoms with van der Waals surface area (Å²) in [6.07, 6.45) is -12.5. The van der Waals surface area contributed by atoms with Crippen molar-refractivity contribution in [1.29, 1.82) is 0 Å². The molecule has 0 aromatic carbocycles. The van der Waals surface area contributed by atoms with Crippen molar-refractivity contribution in [1.82, 2.24) is 0 Å². The third-order valence-corrected chi connectivity index (χ3v) is 11.6. The predicted molar refractivity (Wildman–Crippen MR) is 157 cm³/mol. The number of ketones is 1. The number of aliphatic hydroxyl groups excluding tert-OH is 9. The van der Waals surface area contributed by atoms with Crippen LogP contribution in [0.2, 0.25) is 0 Å². The molecule has 0 aromatic heterocycles. The first kappa shape index (κ1) is 35.9. The van der Waals surface area contributed by atoms with E-state index in [0.717, 1.165) is 12.0 Å². The van der Waals surface area contributed by atoms with E-state index in [1.54, 1.807) is 6.92 Å². The van der Waals surface area contributed by atoms with E-state index in [2.05, 4.69) is 6.58 Å². The molecule has 262 valence electrons. The Morgan fingerprint density at radius 2 is 1.48 bits per heavy atom. The first-order chi connectivity index (χ1) is 21.5. The minimum atomic E-state index is -1.76. The predicted octanol–water partition coefficient (Wildman–Crippen LogP) is -2.12. The molecule has 2 saturated carbocycles. The van der Waals surface area contributed by atoms with Gasteiger partial charge in [0.2, 0.25) is 0 Å². The number of carbonyl (C=O) groups is 1. The Morgan fingerprint density at radius 1 is 0.891 bits per heavy atom. The van der Waals surface area contributed by atoms with Gasteiger partial charge in [-0.1, -0.05) is 32.9 Å². The molecule has 4 fully saturated rings. The number of aliphatic hydroxyl groups is 9. The minimum Gasteiger partial charge on any atom is -0.394 e. The lowest BCUT2D eigenvalue weighted by Gasteiger charge is -2.62. The Morgan fingerprint density at radius 3 is 2.09 bits per heavy atom. The molecule has 0 bridgehead atoms. The number of allylic oxidation sites excluding steroid dienone is 3. The average Bonchev–Trinajstić information content (AvgIpc) is 3.03. The maximum atomic E-state index is 13.6. The second-order valence-corrected chi connectivity index (χ2v) is 14.7. The topological polar surface area (TPSA) is 236 Å². The highest BCUT2D eigenvalue weighted by Crippen LogP contribution is 2.63. The van der Waals surface area contributed by atoms with Crippen LogP contribution in [0, 0.1) is 28.1 Å². The third-order valence-electron chi connectivity index (χ3n) is 11.6. The molecule has 2 heterocycles. The van der Waals surface area contributed by atoms with Gasteiger partial charge in [-0.25, -0.2) is 0 Å². The highest BCUT2D eigenvalue weighted by molar-refractivity contribution is 5.97.